The number of hydrogen-bond acceptors (Lipinski definition) is 5. The molecule has 0 saturated heterocycles. The van der Waals surface area contributed by atoms with Gasteiger partial charge >= 0.3 is 0 Å². The number of aromatic nitrogens is 1. The minimum atomic E-state index is 0.519. The van der Waals surface area contributed by atoms with Crippen LogP contribution in [0.15, 0.2) is 5.38 Å². The van der Waals surface area contributed by atoms with Crippen molar-refractivity contribution in [1.29, 1.82) is 0 Å². The molecular formula is C10H19N3OS. The summed E-state index contributed by atoms with van der Waals surface area (Å²) >= 11 is 1.59. The van der Waals surface area contributed by atoms with Gasteiger partial charge in [-0.1, -0.05) is 0 Å². The molecule has 4 nitrogen and oxygen atoms in total. The van der Waals surface area contributed by atoms with Crippen molar-refractivity contribution in [1.82, 2.24) is 9.88 Å². The van der Waals surface area contributed by atoms with Gasteiger partial charge in [0.25, 0.3) is 0 Å². The fourth-order valence-electron chi connectivity index (χ4n) is 1.17. The molecule has 0 spiro atoms. The summed E-state index contributed by atoms with van der Waals surface area (Å²) in [7, 11) is 4.13. The monoisotopic (exact) mass is 229 g/mol. The van der Waals surface area contributed by atoms with Crippen molar-refractivity contribution in [3.8, 4) is 0 Å². The molecule has 0 bridgehead atoms. The first-order valence-corrected chi connectivity index (χ1v) is 5.96. The quantitative estimate of drug-likeness (QED) is 0.711. The molecule has 0 unspecified atom stereocenters. The highest BCUT2D eigenvalue weighted by molar-refractivity contribution is 7.09. The maximum absolute atomic E-state index is 5.50. The zero-order chi connectivity index (χ0) is 11.1. The molecule has 0 aliphatic rings. The molecule has 0 atom stereocenters. The fraction of sp³-hybridized carbons (Fsp3) is 0.700. The van der Waals surface area contributed by atoms with Gasteiger partial charge in [-0.05, 0) is 27.1 Å². The van der Waals surface area contributed by atoms with Crippen LogP contribution in [0, 0.1) is 0 Å². The zero-order valence-electron chi connectivity index (χ0n) is 9.40. The highest BCUT2D eigenvalue weighted by Gasteiger charge is 2.00. The topological polar surface area (TPSA) is 51.4 Å². The second-order valence-corrected chi connectivity index (χ2v) is 4.59. The summed E-state index contributed by atoms with van der Waals surface area (Å²) in [5.74, 6) is 0. The second kappa shape index (κ2) is 6.90. The number of nitrogens with zero attached hydrogens (tertiary/aromatic N) is 2. The van der Waals surface area contributed by atoms with Crippen LogP contribution in [-0.2, 0) is 17.9 Å². The molecule has 0 amide bonds. The van der Waals surface area contributed by atoms with E-state index in [1.165, 1.54) is 0 Å². The van der Waals surface area contributed by atoms with E-state index >= 15 is 0 Å². The first kappa shape index (κ1) is 12.6. The Morgan fingerprint density at radius 2 is 2.33 bits per heavy atom. The van der Waals surface area contributed by atoms with Crippen LogP contribution in [0.4, 0.5) is 0 Å². The molecule has 1 heterocycles. The van der Waals surface area contributed by atoms with Crippen molar-refractivity contribution in [3.05, 3.63) is 16.1 Å². The van der Waals surface area contributed by atoms with Crippen LogP contribution in [0.3, 0.4) is 0 Å². The molecule has 0 fully saturated rings. The summed E-state index contributed by atoms with van der Waals surface area (Å²) in [6, 6.07) is 0. The van der Waals surface area contributed by atoms with Crippen molar-refractivity contribution in [2.45, 2.75) is 19.6 Å². The summed E-state index contributed by atoms with van der Waals surface area (Å²) in [5.41, 5.74) is 6.47. The number of thiazole rings is 1. The van der Waals surface area contributed by atoms with Crippen LogP contribution >= 0.6 is 11.3 Å². The van der Waals surface area contributed by atoms with Gasteiger partial charge in [-0.15, -0.1) is 11.3 Å². The predicted octanol–water partition coefficient (Wildman–Crippen LogP) is 1.07. The van der Waals surface area contributed by atoms with E-state index in [1.54, 1.807) is 11.3 Å². The fourth-order valence-corrected chi connectivity index (χ4v) is 1.83. The summed E-state index contributed by atoms with van der Waals surface area (Å²) in [4.78, 5) is 6.47. The molecule has 5 heteroatoms. The number of ether oxygens (including phenoxy) is 1. The van der Waals surface area contributed by atoms with Gasteiger partial charge in [0.2, 0.25) is 0 Å². The first-order valence-electron chi connectivity index (χ1n) is 5.08. The van der Waals surface area contributed by atoms with Crippen molar-refractivity contribution >= 4 is 11.3 Å². The van der Waals surface area contributed by atoms with Crippen LogP contribution in [0.5, 0.6) is 0 Å². The lowest BCUT2D eigenvalue weighted by Crippen LogP contribution is -2.14. The van der Waals surface area contributed by atoms with Gasteiger partial charge < -0.3 is 15.4 Å². The highest BCUT2D eigenvalue weighted by Crippen LogP contribution is 2.09. The summed E-state index contributed by atoms with van der Waals surface area (Å²) in [5, 5.41) is 2.98. The Morgan fingerprint density at radius 3 is 2.93 bits per heavy atom. The molecule has 15 heavy (non-hydrogen) atoms. The van der Waals surface area contributed by atoms with Crippen molar-refractivity contribution < 1.29 is 4.74 Å². The van der Waals surface area contributed by atoms with Gasteiger partial charge in [0.15, 0.2) is 0 Å². The van der Waals surface area contributed by atoms with Gasteiger partial charge in [0, 0.05) is 18.5 Å². The van der Waals surface area contributed by atoms with Crippen LogP contribution in [0.1, 0.15) is 17.1 Å². The van der Waals surface area contributed by atoms with Crippen LogP contribution in [-0.4, -0.2) is 37.1 Å². The molecule has 1 rings (SSSR count). The van der Waals surface area contributed by atoms with Crippen molar-refractivity contribution in [3.63, 3.8) is 0 Å². The Hall–Kier alpha value is -0.490. The minimum Gasteiger partial charge on any atom is -0.375 e. The Morgan fingerprint density at radius 1 is 1.53 bits per heavy atom. The largest absolute Gasteiger partial charge is 0.375 e. The Balaban J connectivity index is 2.09. The van der Waals surface area contributed by atoms with Crippen LogP contribution < -0.4 is 5.73 Å². The average Bonchev–Trinajstić information content (AvgIpc) is 2.65. The van der Waals surface area contributed by atoms with Crippen LogP contribution in [0.25, 0.3) is 0 Å². The highest BCUT2D eigenvalue weighted by atomic mass is 32.1. The Bertz CT molecular complexity index is 275. The molecule has 0 aromatic carbocycles. The Labute approximate surface area is 95.1 Å². The average molecular weight is 229 g/mol. The lowest BCUT2D eigenvalue weighted by Gasteiger charge is -2.08. The van der Waals surface area contributed by atoms with E-state index in [2.05, 4.69) is 24.0 Å². The van der Waals surface area contributed by atoms with Crippen molar-refractivity contribution in [2.75, 3.05) is 27.2 Å². The van der Waals surface area contributed by atoms with E-state index < -0.39 is 0 Å². The van der Waals surface area contributed by atoms with E-state index in [0.29, 0.717) is 13.2 Å². The number of nitrogens with two attached hydrogens (primary N) is 1. The van der Waals surface area contributed by atoms with Crippen LogP contribution in [0.2, 0.25) is 0 Å². The van der Waals surface area contributed by atoms with E-state index in [1.807, 2.05) is 5.38 Å². The lowest BCUT2D eigenvalue weighted by molar-refractivity contribution is 0.111. The first-order chi connectivity index (χ1) is 7.22. The van der Waals surface area contributed by atoms with Gasteiger partial charge in [0.1, 0.15) is 5.01 Å². The third-order valence-electron chi connectivity index (χ3n) is 1.92. The molecular weight excluding hydrogens is 210 g/mol. The van der Waals surface area contributed by atoms with Gasteiger partial charge in [-0.2, -0.15) is 0 Å². The smallest absolute Gasteiger partial charge is 0.107 e. The maximum atomic E-state index is 5.50. The van der Waals surface area contributed by atoms with E-state index in [9.17, 15) is 0 Å². The van der Waals surface area contributed by atoms with Crippen molar-refractivity contribution in [2.24, 2.45) is 5.73 Å². The van der Waals surface area contributed by atoms with Gasteiger partial charge in [-0.3, -0.25) is 0 Å². The molecule has 0 saturated carbocycles. The van der Waals surface area contributed by atoms with E-state index in [-0.39, 0.29) is 0 Å². The SMILES string of the molecule is CN(C)CCCOCc1csc(CN)n1. The molecule has 0 radical (unpaired) electrons. The van der Waals surface area contributed by atoms with Gasteiger partial charge in [0.05, 0.1) is 12.3 Å². The molecule has 2 N–H and O–H groups in total. The third kappa shape index (κ3) is 5.22. The number of rotatable bonds is 7. The zero-order valence-corrected chi connectivity index (χ0v) is 10.2. The summed E-state index contributed by atoms with van der Waals surface area (Å²) < 4.78 is 5.50. The standard InChI is InChI=1S/C10H19N3OS/c1-13(2)4-3-5-14-7-9-8-15-10(6-11)12-9/h8H,3-7,11H2,1-2H3. The molecule has 1 aromatic rings. The Kier molecular flexibility index (Phi) is 5.78. The maximum Gasteiger partial charge on any atom is 0.107 e. The lowest BCUT2D eigenvalue weighted by atomic mass is 10.4. The summed E-state index contributed by atoms with van der Waals surface area (Å²) in [6.45, 7) is 2.97. The normalized spacial score (nSPS) is 11.2. The molecule has 0 aliphatic carbocycles. The van der Waals surface area contributed by atoms with E-state index in [0.717, 1.165) is 30.3 Å². The third-order valence-corrected chi connectivity index (χ3v) is 2.84. The number of hydrogen-bond donors (Lipinski definition) is 1. The summed E-state index contributed by atoms with van der Waals surface area (Å²) in [6.07, 6.45) is 1.06. The van der Waals surface area contributed by atoms with E-state index in [4.69, 9.17) is 10.5 Å². The molecule has 86 valence electrons. The second-order valence-electron chi connectivity index (χ2n) is 3.65. The molecule has 0 aliphatic heterocycles. The predicted molar refractivity (Wildman–Crippen MR) is 62.8 cm³/mol. The van der Waals surface area contributed by atoms with Gasteiger partial charge in [-0.25, -0.2) is 4.98 Å². The molecule has 1 aromatic heterocycles. The minimum absolute atomic E-state index is 0.519.